The second-order valence-electron chi connectivity index (χ2n) is 6.50. The first kappa shape index (κ1) is 18.7. The van der Waals surface area contributed by atoms with Crippen LogP contribution in [0.25, 0.3) is 0 Å². The number of halogens is 1. The average molecular weight is 334 g/mol. The molecular formula is C19H31FN4. The van der Waals surface area contributed by atoms with Crippen LogP contribution in [0.1, 0.15) is 36.8 Å². The van der Waals surface area contributed by atoms with Crippen molar-refractivity contribution in [2.24, 2.45) is 4.99 Å². The van der Waals surface area contributed by atoms with Crippen molar-refractivity contribution in [3.05, 3.63) is 35.1 Å². The van der Waals surface area contributed by atoms with Gasteiger partial charge in [-0.15, -0.1) is 0 Å². The number of guanidine groups is 1. The number of benzene rings is 1. The van der Waals surface area contributed by atoms with Crippen LogP contribution < -0.4 is 10.6 Å². The summed E-state index contributed by atoms with van der Waals surface area (Å²) in [4.78, 5) is 6.81. The smallest absolute Gasteiger partial charge is 0.190 e. The van der Waals surface area contributed by atoms with Gasteiger partial charge in [0.25, 0.3) is 0 Å². The van der Waals surface area contributed by atoms with Gasteiger partial charge in [-0.1, -0.05) is 6.07 Å². The number of nitrogens with one attached hydrogen (secondary N) is 2. The second-order valence-corrected chi connectivity index (χ2v) is 6.50. The summed E-state index contributed by atoms with van der Waals surface area (Å²) in [7, 11) is 1.79. The fraction of sp³-hybridized carbons (Fsp3) is 0.632. The fourth-order valence-electron chi connectivity index (χ4n) is 3.15. The molecule has 0 amide bonds. The molecule has 1 aliphatic heterocycles. The maximum absolute atomic E-state index is 13.1. The third kappa shape index (κ3) is 6.48. The van der Waals surface area contributed by atoms with E-state index < -0.39 is 0 Å². The highest BCUT2D eigenvalue weighted by atomic mass is 19.1. The maximum Gasteiger partial charge on any atom is 0.190 e. The Morgan fingerprint density at radius 1 is 1.17 bits per heavy atom. The first-order chi connectivity index (χ1) is 11.7. The van der Waals surface area contributed by atoms with Crippen molar-refractivity contribution >= 4 is 5.96 Å². The summed E-state index contributed by atoms with van der Waals surface area (Å²) < 4.78 is 13.1. The van der Waals surface area contributed by atoms with Crippen LogP contribution >= 0.6 is 0 Å². The molecule has 0 aliphatic carbocycles. The zero-order chi connectivity index (χ0) is 17.2. The Kier molecular flexibility index (Phi) is 8.02. The molecule has 0 aromatic heterocycles. The minimum Gasteiger partial charge on any atom is -0.356 e. The summed E-state index contributed by atoms with van der Waals surface area (Å²) in [6.45, 7) is 7.46. The van der Waals surface area contributed by atoms with Crippen molar-refractivity contribution < 1.29 is 4.39 Å². The number of unbranched alkanes of at least 4 members (excludes halogenated alkanes) is 1. The van der Waals surface area contributed by atoms with E-state index in [0.29, 0.717) is 0 Å². The third-order valence-electron chi connectivity index (χ3n) is 4.61. The molecule has 0 spiro atoms. The van der Waals surface area contributed by atoms with Crippen LogP contribution in [0, 0.1) is 12.7 Å². The van der Waals surface area contributed by atoms with Gasteiger partial charge in [-0.3, -0.25) is 4.99 Å². The molecule has 1 aliphatic rings. The van der Waals surface area contributed by atoms with Crippen molar-refractivity contribution in [3.63, 3.8) is 0 Å². The maximum atomic E-state index is 13.1. The minimum atomic E-state index is -0.171. The molecule has 0 radical (unpaired) electrons. The molecule has 1 aromatic rings. The van der Waals surface area contributed by atoms with E-state index in [-0.39, 0.29) is 5.82 Å². The monoisotopic (exact) mass is 334 g/mol. The Hall–Kier alpha value is -1.62. The van der Waals surface area contributed by atoms with Gasteiger partial charge in [0, 0.05) is 20.1 Å². The van der Waals surface area contributed by atoms with Crippen molar-refractivity contribution in [1.29, 1.82) is 0 Å². The van der Waals surface area contributed by atoms with Crippen LogP contribution in [-0.2, 0) is 6.42 Å². The van der Waals surface area contributed by atoms with Crippen molar-refractivity contribution in [1.82, 2.24) is 15.5 Å². The van der Waals surface area contributed by atoms with E-state index in [0.717, 1.165) is 37.5 Å². The molecule has 0 unspecified atom stereocenters. The number of likely N-dealkylation sites (tertiary alicyclic amines) is 1. The Morgan fingerprint density at radius 2 is 1.92 bits per heavy atom. The standard InChI is InChI=1S/C19H31FN4/c1-16-15-18(20)8-7-17(16)9-11-23-19(21-2)22-10-3-4-12-24-13-5-6-14-24/h7-8,15H,3-6,9-14H2,1-2H3,(H2,21,22,23). The van der Waals surface area contributed by atoms with E-state index in [1.54, 1.807) is 13.1 Å². The van der Waals surface area contributed by atoms with Gasteiger partial charge in [-0.2, -0.15) is 0 Å². The number of aryl methyl sites for hydroxylation is 1. The van der Waals surface area contributed by atoms with Crippen molar-refractivity contribution in [3.8, 4) is 0 Å². The molecule has 0 bridgehead atoms. The topological polar surface area (TPSA) is 39.7 Å². The lowest BCUT2D eigenvalue weighted by atomic mass is 10.1. The molecule has 24 heavy (non-hydrogen) atoms. The molecule has 0 atom stereocenters. The molecule has 0 saturated carbocycles. The van der Waals surface area contributed by atoms with Crippen LogP contribution in [0.15, 0.2) is 23.2 Å². The molecule has 2 N–H and O–H groups in total. The lowest BCUT2D eigenvalue weighted by Gasteiger charge is -2.15. The van der Waals surface area contributed by atoms with E-state index in [4.69, 9.17) is 0 Å². The first-order valence-electron chi connectivity index (χ1n) is 9.11. The van der Waals surface area contributed by atoms with Gasteiger partial charge in [-0.05, 0) is 81.9 Å². The Bertz CT molecular complexity index is 524. The first-order valence-corrected chi connectivity index (χ1v) is 9.11. The molecule has 1 aromatic carbocycles. The van der Waals surface area contributed by atoms with Crippen LogP contribution in [0.5, 0.6) is 0 Å². The van der Waals surface area contributed by atoms with Crippen molar-refractivity contribution in [2.45, 2.75) is 39.0 Å². The highest BCUT2D eigenvalue weighted by Gasteiger charge is 2.10. The van der Waals surface area contributed by atoms with Crippen molar-refractivity contribution in [2.75, 3.05) is 39.8 Å². The number of aliphatic imine (C=N–C) groups is 1. The van der Waals surface area contributed by atoms with Gasteiger partial charge in [0.2, 0.25) is 0 Å². The van der Waals surface area contributed by atoms with Crippen LogP contribution in [0.4, 0.5) is 4.39 Å². The molecule has 1 fully saturated rings. The summed E-state index contributed by atoms with van der Waals surface area (Å²) in [5.41, 5.74) is 2.17. The quantitative estimate of drug-likeness (QED) is 0.436. The lowest BCUT2D eigenvalue weighted by Crippen LogP contribution is -2.39. The van der Waals surface area contributed by atoms with Crippen LogP contribution in [0.2, 0.25) is 0 Å². The molecule has 1 saturated heterocycles. The minimum absolute atomic E-state index is 0.171. The Morgan fingerprint density at radius 3 is 2.62 bits per heavy atom. The van der Waals surface area contributed by atoms with Gasteiger partial charge in [0.1, 0.15) is 5.82 Å². The molecule has 2 rings (SSSR count). The largest absolute Gasteiger partial charge is 0.356 e. The van der Waals surface area contributed by atoms with E-state index in [9.17, 15) is 4.39 Å². The number of hydrogen-bond acceptors (Lipinski definition) is 2. The SMILES string of the molecule is CN=C(NCCCCN1CCCC1)NCCc1ccc(F)cc1C. The summed E-state index contributed by atoms with van der Waals surface area (Å²) in [6.07, 6.45) is 5.99. The Balaban J connectivity index is 1.58. The van der Waals surface area contributed by atoms with Gasteiger partial charge in [0.15, 0.2) is 5.96 Å². The number of rotatable bonds is 8. The predicted octanol–water partition coefficient (Wildman–Crippen LogP) is 2.72. The van der Waals surface area contributed by atoms with E-state index in [1.165, 1.54) is 50.5 Å². The average Bonchev–Trinajstić information content (AvgIpc) is 3.08. The van der Waals surface area contributed by atoms with Crippen LogP contribution in [0.3, 0.4) is 0 Å². The highest BCUT2D eigenvalue weighted by Crippen LogP contribution is 2.10. The summed E-state index contributed by atoms with van der Waals surface area (Å²) >= 11 is 0. The highest BCUT2D eigenvalue weighted by molar-refractivity contribution is 5.79. The van der Waals surface area contributed by atoms with E-state index in [1.807, 2.05) is 13.0 Å². The lowest BCUT2D eigenvalue weighted by molar-refractivity contribution is 0.330. The molecule has 4 nitrogen and oxygen atoms in total. The number of hydrogen-bond donors (Lipinski definition) is 2. The van der Waals surface area contributed by atoms with Gasteiger partial charge >= 0.3 is 0 Å². The van der Waals surface area contributed by atoms with Gasteiger partial charge in [-0.25, -0.2) is 4.39 Å². The molecule has 5 heteroatoms. The van der Waals surface area contributed by atoms with E-state index >= 15 is 0 Å². The Labute approximate surface area is 145 Å². The number of nitrogens with zero attached hydrogens (tertiary/aromatic N) is 2. The molecule has 1 heterocycles. The zero-order valence-corrected chi connectivity index (χ0v) is 15.1. The normalized spacial score (nSPS) is 15.7. The molecular weight excluding hydrogens is 303 g/mol. The van der Waals surface area contributed by atoms with Crippen LogP contribution in [-0.4, -0.2) is 50.6 Å². The fourth-order valence-corrected chi connectivity index (χ4v) is 3.15. The van der Waals surface area contributed by atoms with E-state index in [2.05, 4.69) is 20.5 Å². The zero-order valence-electron chi connectivity index (χ0n) is 15.1. The molecule has 134 valence electrons. The van der Waals surface area contributed by atoms with Gasteiger partial charge < -0.3 is 15.5 Å². The summed E-state index contributed by atoms with van der Waals surface area (Å²) in [6, 6.07) is 4.97. The third-order valence-corrected chi connectivity index (χ3v) is 4.61. The second kappa shape index (κ2) is 10.3. The predicted molar refractivity (Wildman–Crippen MR) is 99.1 cm³/mol. The van der Waals surface area contributed by atoms with Gasteiger partial charge in [0.05, 0.1) is 0 Å². The summed E-state index contributed by atoms with van der Waals surface area (Å²) in [5, 5.41) is 6.69. The summed E-state index contributed by atoms with van der Waals surface area (Å²) in [5.74, 6) is 0.673.